The SMILES string of the molecule is Cc1cccc(CN2CCCn3nc(C(=O)NCCc4ccco4)cc3C2=O)c1. The number of aromatic nitrogens is 2. The van der Waals surface area contributed by atoms with Crippen LogP contribution in [-0.4, -0.2) is 39.6 Å². The van der Waals surface area contributed by atoms with Crippen LogP contribution in [0.25, 0.3) is 0 Å². The molecule has 1 aliphatic heterocycles. The summed E-state index contributed by atoms with van der Waals surface area (Å²) in [6.45, 7) is 4.32. The summed E-state index contributed by atoms with van der Waals surface area (Å²) < 4.78 is 6.91. The molecule has 0 atom stereocenters. The second-order valence-corrected chi connectivity index (χ2v) is 7.29. The molecule has 2 amide bonds. The van der Waals surface area contributed by atoms with E-state index in [9.17, 15) is 9.59 Å². The first-order valence-corrected chi connectivity index (χ1v) is 9.83. The van der Waals surface area contributed by atoms with Gasteiger partial charge in [-0.2, -0.15) is 5.10 Å². The van der Waals surface area contributed by atoms with Gasteiger partial charge in [0, 0.05) is 38.7 Å². The molecule has 29 heavy (non-hydrogen) atoms. The Morgan fingerprint density at radius 1 is 1.21 bits per heavy atom. The molecular formula is C22H24N4O3. The Balaban J connectivity index is 1.43. The number of nitrogens with one attached hydrogen (secondary N) is 1. The summed E-state index contributed by atoms with van der Waals surface area (Å²) in [5.74, 6) is 0.439. The molecule has 0 radical (unpaired) electrons. The minimum Gasteiger partial charge on any atom is -0.469 e. The normalized spacial score (nSPS) is 13.8. The number of furan rings is 1. The number of amides is 2. The number of fused-ring (bicyclic) bond motifs is 1. The van der Waals surface area contributed by atoms with Crippen LogP contribution in [0.2, 0.25) is 0 Å². The maximum Gasteiger partial charge on any atom is 0.272 e. The second-order valence-electron chi connectivity index (χ2n) is 7.29. The maximum absolute atomic E-state index is 13.1. The standard InChI is InChI=1S/C22H24N4O3/c1-16-5-2-6-17(13-16)15-25-10-4-11-26-20(22(25)28)14-19(24-26)21(27)23-9-8-18-7-3-12-29-18/h2-3,5-7,12-14H,4,8-11,15H2,1H3,(H,23,27). The minimum atomic E-state index is -0.282. The van der Waals surface area contributed by atoms with Crippen molar-refractivity contribution >= 4 is 11.8 Å². The van der Waals surface area contributed by atoms with E-state index in [0.717, 1.165) is 17.7 Å². The van der Waals surface area contributed by atoms with Crippen molar-refractivity contribution in [3.63, 3.8) is 0 Å². The molecule has 0 bridgehead atoms. The number of benzene rings is 1. The molecule has 1 aromatic carbocycles. The molecule has 0 spiro atoms. The molecule has 3 heterocycles. The van der Waals surface area contributed by atoms with Crippen LogP contribution >= 0.6 is 0 Å². The van der Waals surface area contributed by atoms with E-state index in [0.29, 0.717) is 38.3 Å². The van der Waals surface area contributed by atoms with Gasteiger partial charge in [-0.15, -0.1) is 0 Å². The lowest BCUT2D eigenvalue weighted by Crippen LogP contribution is -2.30. The van der Waals surface area contributed by atoms with Gasteiger partial charge >= 0.3 is 0 Å². The summed E-state index contributed by atoms with van der Waals surface area (Å²) in [5.41, 5.74) is 3.00. The molecular weight excluding hydrogens is 368 g/mol. The van der Waals surface area contributed by atoms with Gasteiger partial charge in [-0.1, -0.05) is 29.8 Å². The average molecular weight is 392 g/mol. The zero-order chi connectivity index (χ0) is 20.2. The van der Waals surface area contributed by atoms with Gasteiger partial charge in [0.2, 0.25) is 0 Å². The first-order chi connectivity index (χ1) is 14.1. The van der Waals surface area contributed by atoms with E-state index in [2.05, 4.69) is 16.5 Å². The van der Waals surface area contributed by atoms with Crippen LogP contribution in [0.1, 0.15) is 44.3 Å². The summed E-state index contributed by atoms with van der Waals surface area (Å²) in [4.78, 5) is 27.3. The summed E-state index contributed by atoms with van der Waals surface area (Å²) in [7, 11) is 0. The highest BCUT2D eigenvalue weighted by molar-refractivity contribution is 5.98. The maximum atomic E-state index is 13.1. The number of carbonyl (C=O) groups is 2. The first kappa shape index (κ1) is 19.0. The zero-order valence-electron chi connectivity index (χ0n) is 16.4. The Labute approximate surface area is 169 Å². The molecule has 1 N–H and O–H groups in total. The van der Waals surface area contributed by atoms with Gasteiger partial charge in [-0.25, -0.2) is 0 Å². The van der Waals surface area contributed by atoms with Gasteiger partial charge in [-0.3, -0.25) is 14.3 Å². The molecule has 0 fully saturated rings. The van der Waals surface area contributed by atoms with Gasteiger partial charge in [-0.05, 0) is 31.0 Å². The molecule has 3 aromatic rings. The summed E-state index contributed by atoms with van der Waals surface area (Å²) >= 11 is 0. The van der Waals surface area contributed by atoms with Gasteiger partial charge in [0.15, 0.2) is 5.69 Å². The molecule has 7 heteroatoms. The van der Waals surface area contributed by atoms with Crippen molar-refractivity contribution in [3.8, 4) is 0 Å². The highest BCUT2D eigenvalue weighted by Gasteiger charge is 2.26. The Morgan fingerprint density at radius 3 is 2.90 bits per heavy atom. The summed E-state index contributed by atoms with van der Waals surface area (Å²) in [6, 6.07) is 13.4. The Kier molecular flexibility index (Phi) is 5.46. The predicted octanol–water partition coefficient (Wildman–Crippen LogP) is 2.80. The van der Waals surface area contributed by atoms with Crippen molar-refractivity contribution in [3.05, 3.63) is 77.0 Å². The van der Waals surface area contributed by atoms with Crippen molar-refractivity contribution in [2.75, 3.05) is 13.1 Å². The Morgan fingerprint density at radius 2 is 2.10 bits per heavy atom. The third-order valence-corrected chi connectivity index (χ3v) is 5.01. The molecule has 0 aliphatic carbocycles. The lowest BCUT2D eigenvalue weighted by atomic mass is 10.1. The van der Waals surface area contributed by atoms with E-state index in [1.54, 1.807) is 17.0 Å². The van der Waals surface area contributed by atoms with Gasteiger partial charge in [0.05, 0.1) is 6.26 Å². The average Bonchev–Trinajstić information content (AvgIpc) is 3.34. The zero-order valence-corrected chi connectivity index (χ0v) is 16.4. The minimum absolute atomic E-state index is 0.0915. The van der Waals surface area contributed by atoms with Crippen LogP contribution in [0.5, 0.6) is 0 Å². The largest absolute Gasteiger partial charge is 0.469 e. The van der Waals surface area contributed by atoms with Crippen molar-refractivity contribution < 1.29 is 14.0 Å². The summed E-state index contributed by atoms with van der Waals surface area (Å²) in [6.07, 6.45) is 3.01. The van der Waals surface area contributed by atoms with Crippen LogP contribution in [0, 0.1) is 6.92 Å². The van der Waals surface area contributed by atoms with Crippen LogP contribution in [0.3, 0.4) is 0 Å². The Bertz CT molecular complexity index is 1010. The quantitative estimate of drug-likeness (QED) is 0.700. The first-order valence-electron chi connectivity index (χ1n) is 9.83. The number of rotatable bonds is 6. The van der Waals surface area contributed by atoms with E-state index < -0.39 is 0 Å². The molecule has 0 saturated heterocycles. The van der Waals surface area contributed by atoms with Crippen LogP contribution in [0.4, 0.5) is 0 Å². The second kappa shape index (κ2) is 8.34. The lowest BCUT2D eigenvalue weighted by molar-refractivity contribution is 0.0745. The Hall–Kier alpha value is -3.35. The highest BCUT2D eigenvalue weighted by atomic mass is 16.3. The molecule has 0 unspecified atom stereocenters. The van der Waals surface area contributed by atoms with E-state index in [4.69, 9.17) is 4.42 Å². The smallest absolute Gasteiger partial charge is 0.272 e. The van der Waals surface area contributed by atoms with E-state index in [1.165, 1.54) is 5.56 Å². The third kappa shape index (κ3) is 4.39. The topological polar surface area (TPSA) is 80.4 Å². The number of hydrogen-bond acceptors (Lipinski definition) is 4. The lowest BCUT2D eigenvalue weighted by Gasteiger charge is -2.20. The molecule has 4 rings (SSSR count). The van der Waals surface area contributed by atoms with Gasteiger partial charge in [0.1, 0.15) is 11.5 Å². The fourth-order valence-corrected chi connectivity index (χ4v) is 3.57. The number of aryl methyl sites for hydroxylation is 2. The fraction of sp³-hybridized carbons (Fsp3) is 0.318. The van der Waals surface area contributed by atoms with Crippen LogP contribution < -0.4 is 5.32 Å². The van der Waals surface area contributed by atoms with Crippen molar-refractivity contribution in [2.45, 2.75) is 32.9 Å². The van der Waals surface area contributed by atoms with Crippen LogP contribution in [0.15, 0.2) is 53.1 Å². The monoisotopic (exact) mass is 392 g/mol. The van der Waals surface area contributed by atoms with Crippen molar-refractivity contribution in [2.24, 2.45) is 0 Å². The molecule has 150 valence electrons. The molecule has 2 aromatic heterocycles. The highest BCUT2D eigenvalue weighted by Crippen LogP contribution is 2.17. The number of hydrogen-bond donors (Lipinski definition) is 1. The summed E-state index contributed by atoms with van der Waals surface area (Å²) in [5, 5.41) is 7.20. The van der Waals surface area contributed by atoms with Gasteiger partial charge < -0.3 is 14.6 Å². The fourth-order valence-electron chi connectivity index (χ4n) is 3.57. The third-order valence-electron chi connectivity index (χ3n) is 5.01. The molecule has 7 nitrogen and oxygen atoms in total. The number of nitrogens with zero attached hydrogens (tertiary/aromatic N) is 3. The van der Waals surface area contributed by atoms with E-state index in [-0.39, 0.29) is 17.5 Å². The number of carbonyl (C=O) groups excluding carboxylic acids is 2. The van der Waals surface area contributed by atoms with Crippen molar-refractivity contribution in [1.29, 1.82) is 0 Å². The van der Waals surface area contributed by atoms with E-state index in [1.807, 2.05) is 42.2 Å². The van der Waals surface area contributed by atoms with Gasteiger partial charge in [0.25, 0.3) is 11.8 Å². The van der Waals surface area contributed by atoms with E-state index >= 15 is 0 Å². The molecule has 0 saturated carbocycles. The molecule has 1 aliphatic rings. The predicted molar refractivity (Wildman–Crippen MR) is 108 cm³/mol. The van der Waals surface area contributed by atoms with Crippen LogP contribution in [-0.2, 0) is 19.5 Å². The van der Waals surface area contributed by atoms with Crippen molar-refractivity contribution in [1.82, 2.24) is 20.0 Å².